The third-order valence-electron chi connectivity index (χ3n) is 4.55. The van der Waals surface area contributed by atoms with Crippen molar-refractivity contribution in [3.05, 3.63) is 51.9 Å². The molecule has 9 nitrogen and oxygen atoms in total. The minimum atomic E-state index is -0.724. The highest BCUT2D eigenvalue weighted by Crippen LogP contribution is 2.43. The Hall–Kier alpha value is -3.75. The van der Waals surface area contributed by atoms with E-state index in [-0.39, 0.29) is 29.3 Å². The van der Waals surface area contributed by atoms with Crippen LogP contribution in [0.2, 0.25) is 0 Å². The molecule has 0 fully saturated rings. The molecule has 0 saturated heterocycles. The van der Waals surface area contributed by atoms with Crippen molar-refractivity contribution in [2.45, 2.75) is 12.5 Å². The quantitative estimate of drug-likeness (QED) is 0.580. The molecule has 1 amide bonds. The predicted molar refractivity (Wildman–Crippen MR) is 99.9 cm³/mol. The number of fused-ring (bicyclic) bond motifs is 2. The Bertz CT molecular complexity index is 1150. The van der Waals surface area contributed by atoms with Crippen LogP contribution in [0.3, 0.4) is 0 Å². The minimum absolute atomic E-state index is 0.0596. The smallest absolute Gasteiger partial charge is 0.343 e. The van der Waals surface area contributed by atoms with Crippen LogP contribution in [0.15, 0.2) is 35.1 Å². The molecule has 4 rings (SSSR count). The number of hydrogen-bond donors (Lipinski definition) is 3. The molecular formula is C19H17N3O6. The van der Waals surface area contributed by atoms with E-state index < -0.39 is 12.1 Å². The van der Waals surface area contributed by atoms with Gasteiger partial charge in [0.05, 0.1) is 31.7 Å². The normalized spacial score (nSPS) is 15.2. The number of methoxy groups -OCH3 is 2. The maximum Gasteiger partial charge on any atom is 0.343 e. The Morgan fingerprint density at radius 1 is 1.11 bits per heavy atom. The number of aromatic nitrogens is 2. The van der Waals surface area contributed by atoms with Crippen LogP contribution in [0, 0.1) is 0 Å². The second-order valence-corrected chi connectivity index (χ2v) is 6.25. The van der Waals surface area contributed by atoms with Crippen LogP contribution in [0.4, 0.5) is 5.69 Å². The van der Waals surface area contributed by atoms with E-state index in [0.29, 0.717) is 28.0 Å². The molecule has 0 bridgehead atoms. The second-order valence-electron chi connectivity index (χ2n) is 6.25. The van der Waals surface area contributed by atoms with Crippen LogP contribution in [0.5, 0.6) is 11.5 Å². The fraction of sp³-hybridized carbons (Fsp3) is 0.211. The summed E-state index contributed by atoms with van der Waals surface area (Å²) in [6, 6.07) is 8.36. The van der Waals surface area contributed by atoms with Crippen LogP contribution in [0.25, 0.3) is 11.0 Å². The van der Waals surface area contributed by atoms with E-state index in [2.05, 4.69) is 15.3 Å². The average molecular weight is 383 g/mol. The lowest BCUT2D eigenvalue weighted by Gasteiger charge is -2.12. The minimum Gasteiger partial charge on any atom is -0.493 e. The first-order valence-corrected chi connectivity index (χ1v) is 8.48. The van der Waals surface area contributed by atoms with Gasteiger partial charge in [0.25, 0.3) is 0 Å². The summed E-state index contributed by atoms with van der Waals surface area (Å²) in [6.07, 6.45) is -0.784. The summed E-state index contributed by atoms with van der Waals surface area (Å²) < 4.78 is 15.9. The van der Waals surface area contributed by atoms with E-state index in [0.717, 1.165) is 0 Å². The number of carbonyl (C=O) groups is 2. The standard InChI is InChI=1S/C19H17N3O6/c1-26-13-6-4-10-14(28-18(24)16(10)17(13)27-2)8-15(23)20-9-3-5-11-12(7-9)22-19(25)21-11/h3-7,14H,8H2,1-2H3,(H,20,23)(H2,21,22,25)/t14-/m1/s1. The van der Waals surface area contributed by atoms with E-state index in [1.54, 1.807) is 30.3 Å². The van der Waals surface area contributed by atoms with Crippen LogP contribution in [-0.4, -0.2) is 36.1 Å². The van der Waals surface area contributed by atoms with E-state index in [1.807, 2.05) is 0 Å². The van der Waals surface area contributed by atoms with Gasteiger partial charge < -0.3 is 29.5 Å². The van der Waals surface area contributed by atoms with Crippen LogP contribution in [-0.2, 0) is 9.53 Å². The summed E-state index contributed by atoms with van der Waals surface area (Å²) in [7, 11) is 2.91. The first-order valence-electron chi connectivity index (χ1n) is 8.48. The van der Waals surface area contributed by atoms with Crippen LogP contribution < -0.4 is 20.5 Å². The number of H-pyrrole nitrogens is 2. The lowest BCUT2D eigenvalue weighted by atomic mass is 10.0. The van der Waals surface area contributed by atoms with Crippen molar-refractivity contribution in [2.24, 2.45) is 0 Å². The molecule has 3 N–H and O–H groups in total. The Balaban J connectivity index is 1.54. The zero-order valence-electron chi connectivity index (χ0n) is 15.1. The van der Waals surface area contributed by atoms with Gasteiger partial charge in [-0.15, -0.1) is 0 Å². The fourth-order valence-electron chi connectivity index (χ4n) is 3.31. The van der Waals surface area contributed by atoms with Crippen molar-refractivity contribution in [1.29, 1.82) is 0 Å². The molecule has 1 aromatic heterocycles. The summed E-state index contributed by atoms with van der Waals surface area (Å²) in [5.74, 6) is -0.195. The van der Waals surface area contributed by atoms with Crippen molar-refractivity contribution >= 4 is 28.6 Å². The summed E-state index contributed by atoms with van der Waals surface area (Å²) in [5, 5.41) is 2.74. The Morgan fingerprint density at radius 3 is 2.64 bits per heavy atom. The van der Waals surface area contributed by atoms with E-state index in [4.69, 9.17) is 14.2 Å². The highest BCUT2D eigenvalue weighted by molar-refractivity contribution is 5.99. The Kier molecular flexibility index (Phi) is 4.26. The number of cyclic esters (lactones) is 1. The maximum absolute atomic E-state index is 12.5. The van der Waals surface area contributed by atoms with E-state index in [1.165, 1.54) is 14.2 Å². The lowest BCUT2D eigenvalue weighted by Crippen LogP contribution is -2.15. The molecule has 3 aromatic rings. The average Bonchev–Trinajstić information content (AvgIpc) is 3.19. The number of benzene rings is 2. The van der Waals surface area contributed by atoms with Crippen molar-refractivity contribution in [3.63, 3.8) is 0 Å². The molecule has 1 aliphatic heterocycles. The molecule has 144 valence electrons. The maximum atomic E-state index is 12.5. The van der Waals surface area contributed by atoms with Crippen molar-refractivity contribution in [1.82, 2.24) is 9.97 Å². The predicted octanol–water partition coefficient (Wildman–Crippen LogP) is 2.11. The highest BCUT2D eigenvalue weighted by atomic mass is 16.6. The van der Waals surface area contributed by atoms with Gasteiger partial charge in [0.1, 0.15) is 11.7 Å². The Morgan fingerprint density at radius 2 is 1.89 bits per heavy atom. The largest absolute Gasteiger partial charge is 0.493 e. The van der Waals surface area contributed by atoms with Gasteiger partial charge in [0.2, 0.25) is 5.91 Å². The summed E-state index contributed by atoms with van der Waals surface area (Å²) >= 11 is 0. The number of hydrogen-bond acceptors (Lipinski definition) is 6. The molecule has 28 heavy (non-hydrogen) atoms. The molecule has 0 aliphatic carbocycles. The molecule has 2 aromatic carbocycles. The van der Waals surface area contributed by atoms with Crippen molar-refractivity contribution in [3.8, 4) is 11.5 Å². The highest BCUT2D eigenvalue weighted by Gasteiger charge is 2.36. The molecule has 9 heteroatoms. The number of amides is 1. The van der Waals surface area contributed by atoms with Gasteiger partial charge in [-0.1, -0.05) is 6.07 Å². The monoisotopic (exact) mass is 383 g/mol. The Labute approximate surface area is 158 Å². The first-order chi connectivity index (χ1) is 13.5. The molecule has 0 unspecified atom stereocenters. The SMILES string of the molecule is COc1ccc2c(c1OC)C(=O)O[C@@H]2CC(=O)Nc1ccc2[nH]c(=O)[nH]c2c1. The molecule has 1 aliphatic rings. The molecule has 2 heterocycles. The zero-order chi connectivity index (χ0) is 19.8. The summed E-state index contributed by atoms with van der Waals surface area (Å²) in [4.78, 5) is 41.3. The topological polar surface area (TPSA) is 123 Å². The van der Waals surface area contributed by atoms with Gasteiger partial charge in [-0.25, -0.2) is 9.59 Å². The van der Waals surface area contributed by atoms with Crippen molar-refractivity contribution in [2.75, 3.05) is 19.5 Å². The van der Waals surface area contributed by atoms with Crippen LogP contribution in [0.1, 0.15) is 28.4 Å². The molecular weight excluding hydrogens is 366 g/mol. The summed E-state index contributed by atoms with van der Waals surface area (Å²) in [6.45, 7) is 0. The van der Waals surface area contributed by atoms with Crippen molar-refractivity contribution < 1.29 is 23.8 Å². The van der Waals surface area contributed by atoms with Gasteiger partial charge >= 0.3 is 11.7 Å². The summed E-state index contributed by atoms with van der Waals surface area (Å²) in [5.41, 5.74) is 2.26. The lowest BCUT2D eigenvalue weighted by molar-refractivity contribution is -0.118. The van der Waals surface area contributed by atoms with Gasteiger partial charge in [0.15, 0.2) is 11.5 Å². The number of rotatable bonds is 5. The molecule has 1 atom stereocenters. The second kappa shape index (κ2) is 6.76. The number of carbonyl (C=O) groups excluding carboxylic acids is 2. The van der Waals surface area contributed by atoms with Gasteiger partial charge in [-0.05, 0) is 24.3 Å². The van der Waals surface area contributed by atoms with E-state index in [9.17, 15) is 14.4 Å². The van der Waals surface area contributed by atoms with Gasteiger partial charge in [0, 0.05) is 11.3 Å². The zero-order valence-corrected chi connectivity index (χ0v) is 15.1. The molecule has 0 radical (unpaired) electrons. The number of aromatic amines is 2. The van der Waals surface area contributed by atoms with Crippen LogP contribution >= 0.6 is 0 Å². The third-order valence-corrected chi connectivity index (χ3v) is 4.55. The fourth-order valence-corrected chi connectivity index (χ4v) is 3.31. The molecule has 0 saturated carbocycles. The number of ether oxygens (including phenoxy) is 3. The number of imidazole rings is 1. The number of nitrogens with one attached hydrogen (secondary N) is 3. The first kappa shape index (κ1) is 17.7. The van der Waals surface area contributed by atoms with Gasteiger partial charge in [-0.3, -0.25) is 4.79 Å². The molecule has 0 spiro atoms. The number of anilines is 1. The number of esters is 1. The third kappa shape index (κ3) is 2.96. The van der Waals surface area contributed by atoms with Gasteiger partial charge in [-0.2, -0.15) is 0 Å². The van der Waals surface area contributed by atoms with E-state index >= 15 is 0 Å².